The Balaban J connectivity index is 1.63. The van der Waals surface area contributed by atoms with E-state index in [1.165, 1.54) is 6.33 Å². The minimum absolute atomic E-state index is 0.00687. The summed E-state index contributed by atoms with van der Waals surface area (Å²) in [5, 5.41) is 0. The molecule has 1 saturated heterocycles. The number of aromatic nitrogens is 4. The number of nitrogens with two attached hydrogens (primary N) is 1. The van der Waals surface area contributed by atoms with Crippen molar-refractivity contribution in [1.82, 2.24) is 19.5 Å². The van der Waals surface area contributed by atoms with E-state index in [1.807, 2.05) is 0 Å². The lowest BCUT2D eigenvalue weighted by atomic mass is 10.0. The zero-order valence-electron chi connectivity index (χ0n) is 15.4. The standard InChI is InChI=1S/C17H20FN5O5/c1-4-17(7-25-9-26-16(24)27-10(2)3)6-5-11(28-17)23-8-20-12-13(19)21-15(18)22-14(12)23/h1,8,10-11H,5-7,9H2,2-3H3,(H2,19,21,22)/t11-,17+/m1/s1. The third-order valence-electron chi connectivity index (χ3n) is 4.08. The fourth-order valence-corrected chi connectivity index (χ4v) is 2.83. The van der Waals surface area contributed by atoms with Gasteiger partial charge in [0.05, 0.1) is 19.0 Å². The fraction of sp³-hybridized carbons (Fsp3) is 0.529. The molecule has 3 heterocycles. The lowest BCUT2D eigenvalue weighted by Crippen LogP contribution is -2.33. The Hall–Kier alpha value is -2.97. The summed E-state index contributed by atoms with van der Waals surface area (Å²) in [6.07, 6.45) is 5.44. The van der Waals surface area contributed by atoms with Crippen LogP contribution in [-0.2, 0) is 18.9 Å². The molecule has 1 aliphatic rings. The molecule has 0 spiro atoms. The molecular weight excluding hydrogens is 373 g/mol. The molecular formula is C17H20FN5O5. The second kappa shape index (κ2) is 7.95. The Labute approximate surface area is 160 Å². The molecule has 1 aliphatic heterocycles. The fourth-order valence-electron chi connectivity index (χ4n) is 2.83. The number of terminal acetylenes is 1. The van der Waals surface area contributed by atoms with E-state index in [2.05, 4.69) is 20.9 Å². The molecule has 10 nitrogen and oxygen atoms in total. The van der Waals surface area contributed by atoms with Crippen LogP contribution in [0.2, 0.25) is 0 Å². The van der Waals surface area contributed by atoms with E-state index in [9.17, 15) is 9.18 Å². The quantitative estimate of drug-likeness (QED) is 0.257. The number of hydrogen-bond acceptors (Lipinski definition) is 9. The SMILES string of the molecule is C#C[C@@]1(COCOC(=O)OC(C)C)CC[C@H](n2cnc3c(N)nc(F)nc32)O1. The molecule has 0 unspecified atom stereocenters. The van der Waals surface area contributed by atoms with Crippen molar-refractivity contribution < 1.29 is 28.1 Å². The highest BCUT2D eigenvalue weighted by Gasteiger charge is 2.40. The Kier molecular flexibility index (Phi) is 5.62. The first kappa shape index (κ1) is 19.8. The van der Waals surface area contributed by atoms with Gasteiger partial charge in [0.1, 0.15) is 6.23 Å². The lowest BCUT2D eigenvalue weighted by molar-refractivity contribution is -0.115. The van der Waals surface area contributed by atoms with Crippen LogP contribution in [0.4, 0.5) is 15.0 Å². The molecule has 0 bridgehead atoms. The van der Waals surface area contributed by atoms with Crippen molar-refractivity contribution in [2.24, 2.45) is 0 Å². The van der Waals surface area contributed by atoms with Gasteiger partial charge in [-0.05, 0) is 26.7 Å². The topological polar surface area (TPSA) is 124 Å². The number of carbonyl (C=O) groups is 1. The zero-order valence-corrected chi connectivity index (χ0v) is 15.4. The van der Waals surface area contributed by atoms with Crippen LogP contribution in [0.25, 0.3) is 11.2 Å². The first-order valence-electron chi connectivity index (χ1n) is 8.56. The van der Waals surface area contributed by atoms with E-state index in [0.717, 1.165) is 0 Å². The Morgan fingerprint density at radius 3 is 3.07 bits per heavy atom. The normalized spacial score (nSPS) is 21.8. The molecule has 0 radical (unpaired) electrons. The number of imidazole rings is 1. The molecule has 0 amide bonds. The maximum Gasteiger partial charge on any atom is 0.510 e. The van der Waals surface area contributed by atoms with Gasteiger partial charge in [-0.1, -0.05) is 5.92 Å². The summed E-state index contributed by atoms with van der Waals surface area (Å²) in [4.78, 5) is 22.6. The lowest BCUT2D eigenvalue weighted by Gasteiger charge is -2.23. The molecule has 2 aromatic rings. The summed E-state index contributed by atoms with van der Waals surface area (Å²) < 4.78 is 36.0. The van der Waals surface area contributed by atoms with Gasteiger partial charge in [0.15, 0.2) is 29.4 Å². The van der Waals surface area contributed by atoms with Gasteiger partial charge in [-0.25, -0.2) is 9.78 Å². The summed E-state index contributed by atoms with van der Waals surface area (Å²) in [6.45, 7) is 3.07. The van der Waals surface area contributed by atoms with Crippen LogP contribution < -0.4 is 5.73 Å². The molecule has 0 saturated carbocycles. The monoisotopic (exact) mass is 393 g/mol. The number of nitrogens with zero attached hydrogens (tertiary/aromatic N) is 4. The maximum absolute atomic E-state index is 13.5. The highest BCUT2D eigenvalue weighted by molar-refractivity contribution is 5.81. The van der Waals surface area contributed by atoms with Crippen LogP contribution in [0.15, 0.2) is 6.33 Å². The number of rotatable bonds is 6. The van der Waals surface area contributed by atoms with E-state index in [4.69, 9.17) is 31.1 Å². The second-order valence-corrected chi connectivity index (χ2v) is 6.48. The molecule has 2 N–H and O–H groups in total. The predicted molar refractivity (Wildman–Crippen MR) is 94.1 cm³/mol. The van der Waals surface area contributed by atoms with Crippen molar-refractivity contribution >= 4 is 23.1 Å². The van der Waals surface area contributed by atoms with Gasteiger partial charge in [-0.2, -0.15) is 14.4 Å². The van der Waals surface area contributed by atoms with Gasteiger partial charge < -0.3 is 24.7 Å². The smallest absolute Gasteiger partial charge is 0.432 e. The largest absolute Gasteiger partial charge is 0.510 e. The van der Waals surface area contributed by atoms with E-state index in [1.54, 1.807) is 18.4 Å². The molecule has 2 atom stereocenters. The van der Waals surface area contributed by atoms with E-state index in [0.29, 0.717) is 12.8 Å². The van der Waals surface area contributed by atoms with Crippen LogP contribution in [0.5, 0.6) is 0 Å². The number of carbonyl (C=O) groups excluding carboxylic acids is 1. The van der Waals surface area contributed by atoms with Crippen molar-refractivity contribution in [1.29, 1.82) is 0 Å². The molecule has 28 heavy (non-hydrogen) atoms. The maximum atomic E-state index is 13.5. The van der Waals surface area contributed by atoms with Gasteiger partial charge in [0.2, 0.25) is 0 Å². The summed E-state index contributed by atoms with van der Waals surface area (Å²) in [6, 6.07) is 0. The Bertz CT molecular complexity index is 911. The minimum Gasteiger partial charge on any atom is -0.432 e. The average molecular weight is 393 g/mol. The average Bonchev–Trinajstić information content (AvgIpc) is 3.23. The number of halogens is 1. The van der Waals surface area contributed by atoms with Gasteiger partial charge in [0, 0.05) is 0 Å². The minimum atomic E-state index is -1.04. The van der Waals surface area contributed by atoms with Crippen LogP contribution in [-0.4, -0.2) is 50.8 Å². The van der Waals surface area contributed by atoms with Crippen molar-refractivity contribution in [3.05, 3.63) is 12.4 Å². The van der Waals surface area contributed by atoms with Crippen LogP contribution in [0.3, 0.4) is 0 Å². The number of anilines is 1. The number of hydrogen-bond donors (Lipinski definition) is 1. The first-order valence-corrected chi connectivity index (χ1v) is 8.56. The number of ether oxygens (including phenoxy) is 4. The Morgan fingerprint density at radius 2 is 2.36 bits per heavy atom. The van der Waals surface area contributed by atoms with Gasteiger partial charge in [0.25, 0.3) is 0 Å². The Morgan fingerprint density at radius 1 is 1.57 bits per heavy atom. The van der Waals surface area contributed by atoms with Crippen molar-refractivity contribution in [3.8, 4) is 12.3 Å². The van der Waals surface area contributed by atoms with Gasteiger partial charge >= 0.3 is 12.2 Å². The zero-order chi connectivity index (χ0) is 20.3. The summed E-state index contributed by atoms with van der Waals surface area (Å²) in [5.41, 5.74) is 5.12. The molecule has 150 valence electrons. The predicted octanol–water partition coefficient (Wildman–Crippen LogP) is 1.76. The summed E-state index contributed by atoms with van der Waals surface area (Å²) >= 11 is 0. The molecule has 1 fully saturated rings. The van der Waals surface area contributed by atoms with Crippen molar-refractivity contribution in [2.45, 2.75) is 44.6 Å². The number of fused-ring (bicyclic) bond motifs is 1. The van der Waals surface area contributed by atoms with E-state index in [-0.39, 0.29) is 36.5 Å². The third-order valence-corrected chi connectivity index (χ3v) is 4.08. The van der Waals surface area contributed by atoms with Crippen LogP contribution in [0, 0.1) is 18.4 Å². The highest BCUT2D eigenvalue weighted by atomic mass is 19.1. The van der Waals surface area contributed by atoms with Crippen LogP contribution in [0.1, 0.15) is 32.9 Å². The van der Waals surface area contributed by atoms with Crippen molar-refractivity contribution in [2.75, 3.05) is 19.1 Å². The van der Waals surface area contributed by atoms with Gasteiger partial charge in [-0.3, -0.25) is 4.57 Å². The van der Waals surface area contributed by atoms with E-state index < -0.39 is 24.1 Å². The molecule has 3 rings (SSSR count). The molecule has 2 aromatic heterocycles. The van der Waals surface area contributed by atoms with Gasteiger partial charge in [-0.15, -0.1) is 6.42 Å². The van der Waals surface area contributed by atoms with E-state index >= 15 is 0 Å². The number of nitrogen functional groups attached to an aromatic ring is 1. The first-order chi connectivity index (χ1) is 13.3. The second-order valence-electron chi connectivity index (χ2n) is 6.48. The molecule has 0 aromatic carbocycles. The highest BCUT2D eigenvalue weighted by Crippen LogP contribution is 2.37. The summed E-state index contributed by atoms with van der Waals surface area (Å²) in [5.74, 6) is 2.52. The molecule has 0 aliphatic carbocycles. The molecule has 11 heteroatoms. The summed E-state index contributed by atoms with van der Waals surface area (Å²) in [7, 11) is 0. The van der Waals surface area contributed by atoms with Crippen LogP contribution >= 0.6 is 0 Å². The van der Waals surface area contributed by atoms with Crippen molar-refractivity contribution in [3.63, 3.8) is 0 Å². The third kappa shape index (κ3) is 4.13.